The van der Waals surface area contributed by atoms with E-state index in [1.54, 1.807) is 48.5 Å². The minimum absolute atomic E-state index is 0.252. The van der Waals surface area contributed by atoms with Crippen LogP contribution in [0.3, 0.4) is 0 Å². The molecule has 5 nitrogen and oxygen atoms in total. The van der Waals surface area contributed by atoms with Gasteiger partial charge in [-0.1, -0.05) is 71.8 Å². The first kappa shape index (κ1) is 20.3. The zero-order valence-corrected chi connectivity index (χ0v) is 17.1. The van der Waals surface area contributed by atoms with E-state index in [0.29, 0.717) is 16.5 Å². The Balaban J connectivity index is 1.71. The van der Waals surface area contributed by atoms with Gasteiger partial charge in [0.05, 0.1) is 5.39 Å². The van der Waals surface area contributed by atoms with Crippen molar-refractivity contribution in [1.29, 1.82) is 0 Å². The molecule has 1 atom stereocenters. The van der Waals surface area contributed by atoms with Gasteiger partial charge in [0.25, 0.3) is 0 Å². The molecule has 154 valence electrons. The number of para-hydroxylation sites is 1. The molecule has 0 radical (unpaired) electrons. The van der Waals surface area contributed by atoms with E-state index in [0.717, 1.165) is 17.2 Å². The van der Waals surface area contributed by atoms with E-state index in [4.69, 9.17) is 9.15 Å². The average Bonchev–Trinajstić information content (AvgIpc) is 2.78. The molecule has 5 heteroatoms. The average molecular weight is 412 g/mol. The molecule has 4 aromatic rings. The summed E-state index contributed by atoms with van der Waals surface area (Å²) in [5, 5.41) is 0.366. The lowest BCUT2D eigenvalue weighted by molar-refractivity contribution is 0.0251. The van der Waals surface area contributed by atoms with Crippen molar-refractivity contribution in [2.24, 2.45) is 0 Å². The Morgan fingerprint density at radius 3 is 2.13 bits per heavy atom. The standard InChI is InChI=1S/C26H20O5/c1-16-7-11-18(12-8-16)24(28)25(19-13-9-17(2)10-14-19)31-26(29)23-15-21(27)20-5-3-4-6-22(20)30-23/h3-15,25H,1-2H3/t25-/m1/s1. The van der Waals surface area contributed by atoms with Crippen LogP contribution in [0.1, 0.15) is 43.7 Å². The summed E-state index contributed by atoms with van der Waals surface area (Å²) in [7, 11) is 0. The fourth-order valence-corrected chi connectivity index (χ4v) is 3.25. The Morgan fingerprint density at radius 2 is 1.45 bits per heavy atom. The zero-order chi connectivity index (χ0) is 22.0. The van der Waals surface area contributed by atoms with Crippen molar-refractivity contribution in [3.63, 3.8) is 0 Å². The monoisotopic (exact) mass is 412 g/mol. The zero-order valence-electron chi connectivity index (χ0n) is 17.1. The number of fused-ring (bicyclic) bond motifs is 1. The lowest BCUT2D eigenvalue weighted by Gasteiger charge is -2.17. The van der Waals surface area contributed by atoms with Gasteiger partial charge in [-0.3, -0.25) is 9.59 Å². The maximum Gasteiger partial charge on any atom is 0.375 e. The predicted molar refractivity (Wildman–Crippen MR) is 117 cm³/mol. The first-order chi connectivity index (χ1) is 14.9. The highest BCUT2D eigenvalue weighted by atomic mass is 16.6. The maximum absolute atomic E-state index is 13.2. The lowest BCUT2D eigenvalue weighted by atomic mass is 9.98. The Morgan fingerprint density at radius 1 is 0.839 bits per heavy atom. The number of Topliss-reactive ketones (excluding diaryl/α,β-unsaturated/α-hetero) is 1. The Bertz CT molecular complexity index is 1310. The smallest absolute Gasteiger partial charge is 0.375 e. The van der Waals surface area contributed by atoms with Crippen molar-refractivity contribution >= 4 is 22.7 Å². The van der Waals surface area contributed by atoms with Gasteiger partial charge in [-0.15, -0.1) is 0 Å². The van der Waals surface area contributed by atoms with Crippen LogP contribution < -0.4 is 5.43 Å². The Kier molecular flexibility index (Phi) is 5.50. The van der Waals surface area contributed by atoms with Crippen LogP contribution in [0, 0.1) is 13.8 Å². The Hall–Kier alpha value is -3.99. The third kappa shape index (κ3) is 4.31. The maximum atomic E-state index is 13.2. The van der Waals surface area contributed by atoms with E-state index in [9.17, 15) is 14.4 Å². The number of rotatable bonds is 5. The molecular weight excluding hydrogens is 392 g/mol. The number of ether oxygens (including phenoxy) is 1. The van der Waals surface area contributed by atoms with Crippen molar-refractivity contribution in [2.45, 2.75) is 20.0 Å². The van der Waals surface area contributed by atoms with Gasteiger partial charge in [-0.05, 0) is 26.0 Å². The van der Waals surface area contributed by atoms with Gasteiger partial charge >= 0.3 is 5.97 Å². The molecule has 3 aromatic carbocycles. The molecule has 0 bridgehead atoms. The molecule has 0 unspecified atom stereocenters. The van der Waals surface area contributed by atoms with Crippen LogP contribution in [0.2, 0.25) is 0 Å². The van der Waals surface area contributed by atoms with Gasteiger partial charge in [-0.2, -0.15) is 0 Å². The molecule has 0 N–H and O–H groups in total. The molecule has 4 rings (SSSR count). The number of hydrogen-bond acceptors (Lipinski definition) is 5. The molecule has 0 saturated heterocycles. The molecule has 0 spiro atoms. The van der Waals surface area contributed by atoms with E-state index in [-0.39, 0.29) is 22.6 Å². The second kappa shape index (κ2) is 8.40. The third-order valence-corrected chi connectivity index (χ3v) is 5.02. The van der Waals surface area contributed by atoms with Crippen LogP contribution in [-0.2, 0) is 4.74 Å². The summed E-state index contributed by atoms with van der Waals surface area (Å²) in [6.07, 6.45) is -1.17. The highest BCUT2D eigenvalue weighted by Crippen LogP contribution is 2.25. The SMILES string of the molecule is Cc1ccc(C(=O)[C@H](OC(=O)c2cc(=O)c3ccccc3o2)c2ccc(C)cc2)cc1. The predicted octanol–water partition coefficient (Wildman–Crippen LogP) is 5.19. The second-order valence-electron chi connectivity index (χ2n) is 7.40. The van der Waals surface area contributed by atoms with Crippen LogP contribution >= 0.6 is 0 Å². The fraction of sp³-hybridized carbons (Fsp3) is 0.115. The van der Waals surface area contributed by atoms with E-state index in [1.165, 1.54) is 0 Å². The van der Waals surface area contributed by atoms with Crippen LogP contribution in [0.25, 0.3) is 11.0 Å². The van der Waals surface area contributed by atoms with Crippen molar-refractivity contribution in [1.82, 2.24) is 0 Å². The quantitative estimate of drug-likeness (QED) is 0.333. The van der Waals surface area contributed by atoms with Gasteiger partial charge in [0.1, 0.15) is 5.58 Å². The molecular formula is C26H20O5. The summed E-state index contributed by atoms with van der Waals surface area (Å²) in [4.78, 5) is 38.4. The van der Waals surface area contributed by atoms with Crippen LogP contribution in [0.4, 0.5) is 0 Å². The van der Waals surface area contributed by atoms with Crippen LogP contribution in [0.5, 0.6) is 0 Å². The highest BCUT2D eigenvalue weighted by Gasteiger charge is 2.28. The van der Waals surface area contributed by atoms with E-state index in [1.807, 2.05) is 38.1 Å². The summed E-state index contributed by atoms with van der Waals surface area (Å²) in [5.74, 6) is -1.49. The second-order valence-corrected chi connectivity index (χ2v) is 7.40. The molecule has 0 fully saturated rings. The van der Waals surface area contributed by atoms with Crippen LogP contribution in [0.15, 0.2) is 88.1 Å². The number of esters is 1. The van der Waals surface area contributed by atoms with E-state index < -0.39 is 12.1 Å². The number of carbonyl (C=O) groups excluding carboxylic acids is 2. The number of ketones is 1. The van der Waals surface area contributed by atoms with Gasteiger partial charge in [0, 0.05) is 17.2 Å². The minimum Gasteiger partial charge on any atom is -0.449 e. The van der Waals surface area contributed by atoms with E-state index >= 15 is 0 Å². The van der Waals surface area contributed by atoms with Gasteiger partial charge < -0.3 is 9.15 Å². The number of aryl methyl sites for hydroxylation is 2. The topological polar surface area (TPSA) is 73.6 Å². The van der Waals surface area contributed by atoms with Gasteiger partial charge in [0.2, 0.25) is 11.5 Å². The van der Waals surface area contributed by atoms with E-state index in [2.05, 4.69) is 0 Å². The van der Waals surface area contributed by atoms with Crippen molar-refractivity contribution < 1.29 is 18.7 Å². The molecule has 0 aliphatic rings. The molecule has 1 aromatic heterocycles. The highest BCUT2D eigenvalue weighted by molar-refractivity contribution is 6.02. The summed E-state index contributed by atoms with van der Waals surface area (Å²) in [6.45, 7) is 3.85. The molecule has 0 aliphatic carbocycles. The normalized spacial score (nSPS) is 11.8. The summed E-state index contributed by atoms with van der Waals surface area (Å²) >= 11 is 0. The molecule has 0 aliphatic heterocycles. The fourth-order valence-electron chi connectivity index (χ4n) is 3.25. The summed E-state index contributed by atoms with van der Waals surface area (Å²) in [6, 6.07) is 21.9. The summed E-state index contributed by atoms with van der Waals surface area (Å²) < 4.78 is 11.2. The largest absolute Gasteiger partial charge is 0.449 e. The summed E-state index contributed by atoms with van der Waals surface area (Å²) in [5.41, 5.74) is 2.90. The van der Waals surface area contributed by atoms with Crippen molar-refractivity contribution in [3.05, 3.63) is 117 Å². The first-order valence-corrected chi connectivity index (χ1v) is 9.84. The number of carbonyl (C=O) groups is 2. The van der Waals surface area contributed by atoms with Gasteiger partial charge in [-0.25, -0.2) is 4.79 Å². The number of hydrogen-bond donors (Lipinski definition) is 0. The Labute approximate surface area is 178 Å². The molecule has 0 amide bonds. The molecule has 1 heterocycles. The van der Waals surface area contributed by atoms with Crippen molar-refractivity contribution in [2.75, 3.05) is 0 Å². The number of benzene rings is 3. The molecule has 0 saturated carbocycles. The lowest BCUT2D eigenvalue weighted by Crippen LogP contribution is -2.21. The van der Waals surface area contributed by atoms with Crippen LogP contribution in [-0.4, -0.2) is 11.8 Å². The third-order valence-electron chi connectivity index (χ3n) is 5.02. The molecule has 31 heavy (non-hydrogen) atoms. The minimum atomic E-state index is -1.17. The first-order valence-electron chi connectivity index (χ1n) is 9.84. The van der Waals surface area contributed by atoms with Gasteiger partial charge in [0.15, 0.2) is 11.5 Å². The van der Waals surface area contributed by atoms with Crippen molar-refractivity contribution in [3.8, 4) is 0 Å².